The van der Waals surface area contributed by atoms with E-state index in [4.69, 9.17) is 5.73 Å². The van der Waals surface area contributed by atoms with Crippen LogP contribution in [0.5, 0.6) is 0 Å². The number of aryl methyl sites for hydroxylation is 2. The van der Waals surface area contributed by atoms with Crippen LogP contribution < -0.4 is 11.3 Å². The van der Waals surface area contributed by atoms with Gasteiger partial charge in [-0.3, -0.25) is 4.79 Å². The molecule has 5 nitrogen and oxygen atoms in total. The van der Waals surface area contributed by atoms with E-state index >= 15 is 0 Å². The molecule has 0 fully saturated rings. The Hall–Kier alpha value is -1.56. The Labute approximate surface area is 107 Å². The van der Waals surface area contributed by atoms with E-state index in [1.54, 1.807) is 29.4 Å². The zero-order valence-corrected chi connectivity index (χ0v) is 10.8. The molecule has 90 valence electrons. The average Bonchev–Trinajstić information content (AvgIpc) is 2.78. The highest BCUT2D eigenvalue weighted by atomic mass is 79.9. The van der Waals surface area contributed by atoms with Gasteiger partial charge in [0.1, 0.15) is 0 Å². The maximum absolute atomic E-state index is 11.8. The maximum Gasteiger partial charge on any atom is 0.264 e. The zero-order valence-electron chi connectivity index (χ0n) is 9.21. The fourth-order valence-electron chi connectivity index (χ4n) is 1.63. The van der Waals surface area contributed by atoms with Crippen molar-refractivity contribution in [3.63, 3.8) is 0 Å². The molecular formula is C11H13BrN4O. The topological polar surface area (TPSA) is 65.8 Å². The Morgan fingerprint density at radius 3 is 2.94 bits per heavy atom. The van der Waals surface area contributed by atoms with Crippen molar-refractivity contribution in [3.8, 4) is 0 Å². The molecule has 0 aliphatic rings. The van der Waals surface area contributed by atoms with Gasteiger partial charge in [0, 0.05) is 37.4 Å². The van der Waals surface area contributed by atoms with Gasteiger partial charge in [0.15, 0.2) is 0 Å². The minimum Gasteiger partial charge on any atom is -0.398 e. The number of imidazole rings is 1. The summed E-state index contributed by atoms with van der Waals surface area (Å²) in [5.74, 6) is 0. The zero-order chi connectivity index (χ0) is 12.3. The van der Waals surface area contributed by atoms with Gasteiger partial charge in [-0.1, -0.05) is 0 Å². The fraction of sp³-hybridized carbons (Fsp3) is 0.273. The Morgan fingerprint density at radius 1 is 1.41 bits per heavy atom. The number of anilines is 1. The standard InChI is InChI=1S/C11H13BrN4O/c12-10-6-9(13)7-16(11(10)17)4-1-3-15-5-2-14-8-15/h2,5-8H,1,3-4,13H2. The van der Waals surface area contributed by atoms with Crippen LogP contribution in [0.25, 0.3) is 0 Å². The molecule has 0 aliphatic carbocycles. The third-order valence-electron chi connectivity index (χ3n) is 2.44. The molecule has 0 radical (unpaired) electrons. The summed E-state index contributed by atoms with van der Waals surface area (Å²) in [7, 11) is 0. The van der Waals surface area contributed by atoms with E-state index in [1.165, 1.54) is 0 Å². The number of nitrogens with two attached hydrogens (primary N) is 1. The third-order valence-corrected chi connectivity index (χ3v) is 3.01. The second-order valence-corrected chi connectivity index (χ2v) is 4.63. The predicted octanol–water partition coefficient (Wildman–Crippen LogP) is 1.48. The summed E-state index contributed by atoms with van der Waals surface area (Å²) < 4.78 is 4.10. The Kier molecular flexibility index (Phi) is 3.63. The highest BCUT2D eigenvalue weighted by Gasteiger charge is 2.02. The van der Waals surface area contributed by atoms with Crippen LogP contribution in [0.4, 0.5) is 5.69 Å². The van der Waals surface area contributed by atoms with Crippen molar-refractivity contribution < 1.29 is 0 Å². The number of hydrogen-bond donors (Lipinski definition) is 1. The second kappa shape index (κ2) is 5.18. The second-order valence-electron chi connectivity index (χ2n) is 3.77. The Balaban J connectivity index is 2.02. The molecular weight excluding hydrogens is 284 g/mol. The van der Waals surface area contributed by atoms with Crippen molar-refractivity contribution in [2.75, 3.05) is 5.73 Å². The lowest BCUT2D eigenvalue weighted by Gasteiger charge is -2.07. The van der Waals surface area contributed by atoms with Crippen LogP contribution in [0.15, 0.2) is 40.3 Å². The summed E-state index contributed by atoms with van der Waals surface area (Å²) in [6.07, 6.45) is 7.92. The number of nitrogens with zero attached hydrogens (tertiary/aromatic N) is 3. The molecule has 0 saturated heterocycles. The van der Waals surface area contributed by atoms with Crippen LogP contribution in [0.2, 0.25) is 0 Å². The van der Waals surface area contributed by atoms with Gasteiger partial charge >= 0.3 is 0 Å². The Morgan fingerprint density at radius 2 is 2.24 bits per heavy atom. The smallest absolute Gasteiger partial charge is 0.264 e. The SMILES string of the molecule is Nc1cc(Br)c(=O)n(CCCn2ccnc2)c1. The molecule has 0 unspecified atom stereocenters. The molecule has 2 aromatic rings. The van der Waals surface area contributed by atoms with Crippen LogP contribution in [0, 0.1) is 0 Å². The van der Waals surface area contributed by atoms with Crippen molar-refractivity contribution in [2.24, 2.45) is 0 Å². The van der Waals surface area contributed by atoms with Crippen molar-refractivity contribution in [3.05, 3.63) is 45.8 Å². The summed E-state index contributed by atoms with van der Waals surface area (Å²) in [5, 5.41) is 0. The quantitative estimate of drug-likeness (QED) is 0.929. The fourth-order valence-corrected chi connectivity index (χ4v) is 2.12. The van der Waals surface area contributed by atoms with Crippen LogP contribution in [0.1, 0.15) is 6.42 Å². The van der Waals surface area contributed by atoms with Gasteiger partial charge < -0.3 is 14.9 Å². The van der Waals surface area contributed by atoms with E-state index in [2.05, 4.69) is 20.9 Å². The molecule has 0 aliphatic heterocycles. The molecule has 0 bridgehead atoms. The normalized spacial score (nSPS) is 10.6. The molecule has 0 atom stereocenters. The van der Waals surface area contributed by atoms with E-state index < -0.39 is 0 Å². The van der Waals surface area contributed by atoms with Crippen molar-refractivity contribution in [2.45, 2.75) is 19.5 Å². The summed E-state index contributed by atoms with van der Waals surface area (Å²) in [5.41, 5.74) is 6.22. The summed E-state index contributed by atoms with van der Waals surface area (Å²) >= 11 is 3.20. The summed E-state index contributed by atoms with van der Waals surface area (Å²) in [6.45, 7) is 1.47. The van der Waals surface area contributed by atoms with Crippen molar-refractivity contribution in [1.29, 1.82) is 0 Å². The summed E-state index contributed by atoms with van der Waals surface area (Å²) in [4.78, 5) is 15.7. The van der Waals surface area contributed by atoms with Crippen LogP contribution in [-0.4, -0.2) is 14.1 Å². The van der Waals surface area contributed by atoms with Gasteiger partial charge in [-0.2, -0.15) is 0 Å². The predicted molar refractivity (Wildman–Crippen MR) is 69.7 cm³/mol. The Bertz CT molecular complexity index is 547. The minimum absolute atomic E-state index is 0.0511. The summed E-state index contributed by atoms with van der Waals surface area (Å²) in [6, 6.07) is 1.62. The van der Waals surface area contributed by atoms with Gasteiger partial charge in [0.25, 0.3) is 5.56 Å². The number of rotatable bonds is 4. The molecule has 2 heterocycles. The van der Waals surface area contributed by atoms with Gasteiger partial charge in [0.2, 0.25) is 0 Å². The monoisotopic (exact) mass is 296 g/mol. The average molecular weight is 297 g/mol. The highest BCUT2D eigenvalue weighted by molar-refractivity contribution is 9.10. The van der Waals surface area contributed by atoms with Crippen LogP contribution in [-0.2, 0) is 13.1 Å². The van der Waals surface area contributed by atoms with Gasteiger partial charge in [-0.25, -0.2) is 4.98 Å². The molecule has 2 aromatic heterocycles. The van der Waals surface area contributed by atoms with E-state index in [9.17, 15) is 4.79 Å². The highest BCUT2D eigenvalue weighted by Crippen LogP contribution is 2.08. The van der Waals surface area contributed by atoms with E-state index in [0.717, 1.165) is 13.0 Å². The molecule has 2 N–H and O–H groups in total. The first-order valence-electron chi connectivity index (χ1n) is 5.28. The largest absolute Gasteiger partial charge is 0.398 e. The molecule has 0 aromatic carbocycles. The maximum atomic E-state index is 11.8. The van der Waals surface area contributed by atoms with Crippen molar-refractivity contribution >= 4 is 21.6 Å². The molecule has 0 amide bonds. The molecule has 17 heavy (non-hydrogen) atoms. The number of nitrogen functional groups attached to an aromatic ring is 1. The molecule has 0 spiro atoms. The van der Waals surface area contributed by atoms with E-state index in [-0.39, 0.29) is 5.56 Å². The van der Waals surface area contributed by atoms with Crippen molar-refractivity contribution in [1.82, 2.24) is 14.1 Å². The number of pyridine rings is 1. The lowest BCUT2D eigenvalue weighted by Crippen LogP contribution is -2.21. The third kappa shape index (κ3) is 2.97. The first kappa shape index (κ1) is 11.9. The van der Waals surface area contributed by atoms with E-state index in [0.29, 0.717) is 16.7 Å². The first-order chi connectivity index (χ1) is 8.16. The molecule has 2 rings (SSSR count). The van der Waals surface area contributed by atoms with Crippen LogP contribution >= 0.6 is 15.9 Å². The van der Waals surface area contributed by atoms with E-state index in [1.807, 2.05) is 10.8 Å². The molecule has 6 heteroatoms. The van der Waals surface area contributed by atoms with Gasteiger partial charge in [0.05, 0.1) is 10.8 Å². The number of halogens is 1. The minimum atomic E-state index is -0.0511. The first-order valence-corrected chi connectivity index (χ1v) is 6.07. The lowest BCUT2D eigenvalue weighted by atomic mass is 10.3. The molecule has 0 saturated carbocycles. The van der Waals surface area contributed by atoms with Gasteiger partial charge in [-0.15, -0.1) is 0 Å². The van der Waals surface area contributed by atoms with Gasteiger partial charge in [-0.05, 0) is 28.4 Å². The number of aromatic nitrogens is 3. The van der Waals surface area contributed by atoms with Crippen LogP contribution in [0.3, 0.4) is 0 Å². The number of hydrogen-bond acceptors (Lipinski definition) is 3. The lowest BCUT2D eigenvalue weighted by molar-refractivity contribution is 0.552.